The molecule has 2 unspecified atom stereocenters. The van der Waals surface area contributed by atoms with Crippen molar-refractivity contribution in [3.63, 3.8) is 0 Å². The van der Waals surface area contributed by atoms with Crippen LogP contribution in [0.15, 0.2) is 182 Å². The molecule has 3 aliphatic rings. The van der Waals surface area contributed by atoms with Crippen LogP contribution in [-0.2, 0) is 5.41 Å². The number of hydrogen-bond donors (Lipinski definition) is 2. The van der Waals surface area contributed by atoms with E-state index in [2.05, 4.69) is 193 Å². The van der Waals surface area contributed by atoms with Crippen molar-refractivity contribution in [2.24, 2.45) is 0 Å². The molecule has 0 radical (unpaired) electrons. The molecule has 8 aromatic rings. The smallest absolute Gasteiger partial charge is 0.132 e. The van der Waals surface area contributed by atoms with Gasteiger partial charge in [0.25, 0.3) is 0 Å². The molecule has 2 aliphatic heterocycles. The molecule has 1 spiro atoms. The van der Waals surface area contributed by atoms with Gasteiger partial charge in [0.1, 0.15) is 17.7 Å². The lowest BCUT2D eigenvalue weighted by molar-refractivity contribution is 0.437. The molecule has 1 aliphatic carbocycles. The standard InChI is InChI=1S/C49H34N2O/c1-2-14-32(15-3-1)47-39-19-6-9-22-43(39)50-48(51-47)35-17-12-16-33(29-35)34-26-27-37-38-28-25-31-13-4-5-18-36(31)46(38)49(42(37)30-34)40-20-7-10-23-44(40)52-45-24-11-8-21-41(45)49/h1-30,47-48,50-51H. The van der Waals surface area contributed by atoms with Gasteiger partial charge in [-0.1, -0.05) is 152 Å². The van der Waals surface area contributed by atoms with E-state index in [4.69, 9.17) is 4.74 Å². The van der Waals surface area contributed by atoms with Crippen molar-refractivity contribution in [2.75, 3.05) is 5.32 Å². The van der Waals surface area contributed by atoms with Crippen LogP contribution in [0.25, 0.3) is 33.0 Å². The first-order valence-corrected chi connectivity index (χ1v) is 18.1. The maximum absolute atomic E-state index is 6.66. The monoisotopic (exact) mass is 666 g/mol. The Balaban J connectivity index is 1.10. The Bertz CT molecular complexity index is 2650. The number of para-hydroxylation sites is 3. The summed E-state index contributed by atoms with van der Waals surface area (Å²) in [4.78, 5) is 0. The van der Waals surface area contributed by atoms with E-state index in [-0.39, 0.29) is 12.2 Å². The first-order chi connectivity index (χ1) is 25.8. The molecular formula is C49H34N2O. The van der Waals surface area contributed by atoms with Crippen LogP contribution in [0.5, 0.6) is 11.5 Å². The second-order valence-electron chi connectivity index (χ2n) is 14.1. The van der Waals surface area contributed by atoms with Crippen LogP contribution < -0.4 is 15.4 Å². The third kappa shape index (κ3) is 4.17. The summed E-state index contributed by atoms with van der Waals surface area (Å²) in [5.41, 5.74) is 14.2. The molecule has 11 rings (SSSR count). The fourth-order valence-electron chi connectivity index (χ4n) is 9.19. The minimum Gasteiger partial charge on any atom is -0.457 e. The molecule has 246 valence electrons. The summed E-state index contributed by atoms with van der Waals surface area (Å²) in [6, 6.07) is 66.2. The van der Waals surface area contributed by atoms with Crippen LogP contribution in [0.4, 0.5) is 5.69 Å². The average Bonchev–Trinajstić information content (AvgIpc) is 3.51. The van der Waals surface area contributed by atoms with Gasteiger partial charge in [-0.15, -0.1) is 0 Å². The highest BCUT2D eigenvalue weighted by atomic mass is 16.5. The van der Waals surface area contributed by atoms with Crippen LogP contribution in [0, 0.1) is 0 Å². The Labute approximate surface area is 303 Å². The maximum atomic E-state index is 6.66. The Morgan fingerprint density at radius 1 is 0.481 bits per heavy atom. The molecular weight excluding hydrogens is 633 g/mol. The van der Waals surface area contributed by atoms with E-state index in [9.17, 15) is 0 Å². The van der Waals surface area contributed by atoms with Crippen LogP contribution in [0.1, 0.15) is 51.2 Å². The normalized spacial score (nSPS) is 17.2. The van der Waals surface area contributed by atoms with Gasteiger partial charge in [-0.3, -0.25) is 5.32 Å². The molecule has 3 heteroatoms. The Hall–Kier alpha value is -6.42. The highest BCUT2D eigenvalue weighted by molar-refractivity contribution is 6.01. The Morgan fingerprint density at radius 3 is 2.00 bits per heavy atom. The summed E-state index contributed by atoms with van der Waals surface area (Å²) in [7, 11) is 0. The van der Waals surface area contributed by atoms with Gasteiger partial charge >= 0.3 is 0 Å². The van der Waals surface area contributed by atoms with Crippen LogP contribution in [0.2, 0.25) is 0 Å². The van der Waals surface area contributed by atoms with E-state index in [1.54, 1.807) is 0 Å². The number of fused-ring (bicyclic) bond motifs is 12. The quantitative estimate of drug-likeness (QED) is 0.197. The van der Waals surface area contributed by atoms with Crippen molar-refractivity contribution in [2.45, 2.75) is 17.6 Å². The Morgan fingerprint density at radius 2 is 1.15 bits per heavy atom. The summed E-state index contributed by atoms with van der Waals surface area (Å²) in [5, 5.41) is 10.3. The van der Waals surface area contributed by atoms with Gasteiger partial charge in [0.2, 0.25) is 0 Å². The van der Waals surface area contributed by atoms with Gasteiger partial charge in [-0.25, -0.2) is 0 Å². The molecule has 8 aromatic carbocycles. The number of ether oxygens (including phenoxy) is 1. The van der Waals surface area contributed by atoms with E-state index in [0.717, 1.165) is 17.2 Å². The number of rotatable bonds is 3. The summed E-state index contributed by atoms with van der Waals surface area (Å²) in [5.74, 6) is 1.81. The first-order valence-electron chi connectivity index (χ1n) is 18.1. The van der Waals surface area contributed by atoms with Gasteiger partial charge in [0.15, 0.2) is 0 Å². The maximum Gasteiger partial charge on any atom is 0.132 e. The number of hydrogen-bond acceptors (Lipinski definition) is 3. The predicted molar refractivity (Wildman–Crippen MR) is 211 cm³/mol. The van der Waals surface area contributed by atoms with Crippen molar-refractivity contribution < 1.29 is 4.74 Å². The van der Waals surface area contributed by atoms with E-state index < -0.39 is 5.41 Å². The van der Waals surface area contributed by atoms with Gasteiger partial charge in [0, 0.05) is 16.8 Å². The van der Waals surface area contributed by atoms with Gasteiger partial charge < -0.3 is 10.1 Å². The average molecular weight is 667 g/mol. The summed E-state index contributed by atoms with van der Waals surface area (Å²) < 4.78 is 6.66. The summed E-state index contributed by atoms with van der Waals surface area (Å²) >= 11 is 0. The van der Waals surface area contributed by atoms with Gasteiger partial charge in [0.05, 0.1) is 11.5 Å². The molecule has 2 atom stereocenters. The van der Waals surface area contributed by atoms with Crippen molar-refractivity contribution in [3.8, 4) is 33.8 Å². The predicted octanol–water partition coefficient (Wildman–Crippen LogP) is 11.8. The minimum atomic E-state index is -0.552. The number of benzene rings is 8. The van der Waals surface area contributed by atoms with Crippen molar-refractivity contribution in [1.29, 1.82) is 0 Å². The van der Waals surface area contributed by atoms with Crippen molar-refractivity contribution >= 4 is 16.5 Å². The Kier molecular flexibility index (Phi) is 6.37. The summed E-state index contributed by atoms with van der Waals surface area (Å²) in [6.07, 6.45) is -0.0642. The molecule has 0 saturated carbocycles. The minimum absolute atomic E-state index is 0.0642. The molecule has 2 heterocycles. The zero-order valence-corrected chi connectivity index (χ0v) is 28.4. The molecule has 0 aromatic heterocycles. The second-order valence-corrected chi connectivity index (χ2v) is 14.1. The van der Waals surface area contributed by atoms with Crippen LogP contribution >= 0.6 is 0 Å². The largest absolute Gasteiger partial charge is 0.457 e. The molecule has 52 heavy (non-hydrogen) atoms. The van der Waals surface area contributed by atoms with E-state index in [0.29, 0.717) is 0 Å². The molecule has 2 N–H and O–H groups in total. The molecule has 0 saturated heterocycles. The third-order valence-electron chi connectivity index (χ3n) is 11.4. The van der Waals surface area contributed by atoms with Crippen LogP contribution in [-0.4, -0.2) is 0 Å². The highest BCUT2D eigenvalue weighted by Gasteiger charge is 2.52. The SMILES string of the molecule is c1ccc(C2NC(c3cccc(-c4ccc5c(c4)C4(c6ccccc6Oc6ccccc64)c4c-5ccc5ccccc45)c3)Nc3ccccc32)cc1. The lowest BCUT2D eigenvalue weighted by Crippen LogP contribution is -2.37. The van der Waals surface area contributed by atoms with Crippen molar-refractivity contribution in [1.82, 2.24) is 5.32 Å². The third-order valence-corrected chi connectivity index (χ3v) is 11.4. The second kappa shape index (κ2) is 11.3. The summed E-state index contributed by atoms with van der Waals surface area (Å²) in [6.45, 7) is 0. The fourth-order valence-corrected chi connectivity index (χ4v) is 9.19. The fraction of sp³-hybridized carbons (Fsp3) is 0.0612. The highest BCUT2D eigenvalue weighted by Crippen LogP contribution is 2.63. The zero-order chi connectivity index (χ0) is 34.2. The van der Waals surface area contributed by atoms with Crippen molar-refractivity contribution in [3.05, 3.63) is 221 Å². The molecule has 3 nitrogen and oxygen atoms in total. The molecule has 0 amide bonds. The zero-order valence-electron chi connectivity index (χ0n) is 28.4. The number of anilines is 1. The van der Waals surface area contributed by atoms with Gasteiger partial charge in [-0.05, 0) is 91.2 Å². The first kappa shape index (κ1) is 29.3. The van der Waals surface area contributed by atoms with E-state index >= 15 is 0 Å². The lowest BCUT2D eigenvalue weighted by Gasteiger charge is -2.40. The van der Waals surface area contributed by atoms with E-state index in [1.807, 2.05) is 0 Å². The molecule has 0 bridgehead atoms. The van der Waals surface area contributed by atoms with E-state index in [1.165, 1.54) is 72.0 Å². The number of nitrogens with one attached hydrogen (secondary N) is 2. The van der Waals surface area contributed by atoms with Crippen LogP contribution in [0.3, 0.4) is 0 Å². The topological polar surface area (TPSA) is 33.3 Å². The molecule has 0 fully saturated rings. The van der Waals surface area contributed by atoms with Gasteiger partial charge in [-0.2, -0.15) is 0 Å². The lowest BCUT2D eigenvalue weighted by atomic mass is 9.65.